The van der Waals surface area contributed by atoms with E-state index in [2.05, 4.69) is 42.8 Å². The van der Waals surface area contributed by atoms with E-state index in [1.54, 1.807) is 22.7 Å². The highest BCUT2D eigenvalue weighted by molar-refractivity contribution is 9.10. The fraction of sp³-hybridized carbons (Fsp3) is 0.385. The first-order valence-electron chi connectivity index (χ1n) is 5.39. The van der Waals surface area contributed by atoms with E-state index in [-0.39, 0.29) is 5.41 Å². The minimum Gasteiger partial charge on any atom is -0.383 e. The maximum absolute atomic E-state index is 10.3. The Balaban J connectivity index is 2.30. The molecule has 0 amide bonds. The van der Waals surface area contributed by atoms with E-state index < -0.39 is 6.10 Å². The maximum Gasteiger partial charge on any atom is 0.115 e. The van der Waals surface area contributed by atoms with Gasteiger partial charge in [-0.15, -0.1) is 11.3 Å². The number of rotatable bonds is 2. The van der Waals surface area contributed by atoms with Gasteiger partial charge in [-0.2, -0.15) is 11.3 Å². The van der Waals surface area contributed by atoms with Crippen LogP contribution in [0.15, 0.2) is 27.4 Å². The first-order valence-corrected chi connectivity index (χ1v) is 7.94. The third kappa shape index (κ3) is 2.81. The first kappa shape index (κ1) is 13.3. The van der Waals surface area contributed by atoms with Gasteiger partial charge in [0.2, 0.25) is 0 Å². The highest BCUT2D eigenvalue weighted by atomic mass is 79.9. The quantitative estimate of drug-likeness (QED) is 0.825. The topological polar surface area (TPSA) is 20.2 Å². The van der Waals surface area contributed by atoms with Gasteiger partial charge < -0.3 is 5.11 Å². The normalized spacial score (nSPS) is 13.9. The average molecular weight is 331 g/mol. The minimum absolute atomic E-state index is 0.147. The molecule has 0 fully saturated rings. The molecule has 2 aromatic rings. The zero-order valence-electron chi connectivity index (χ0n) is 10.0. The molecule has 17 heavy (non-hydrogen) atoms. The van der Waals surface area contributed by atoms with Crippen LogP contribution in [0.2, 0.25) is 0 Å². The van der Waals surface area contributed by atoms with Gasteiger partial charge in [0.25, 0.3) is 0 Å². The lowest BCUT2D eigenvalue weighted by Crippen LogP contribution is -2.07. The zero-order chi connectivity index (χ0) is 12.6. The Morgan fingerprint density at radius 1 is 1.24 bits per heavy atom. The molecular formula is C13H15BrOS2. The van der Waals surface area contributed by atoms with E-state index in [4.69, 9.17) is 0 Å². The largest absolute Gasteiger partial charge is 0.383 e. The monoisotopic (exact) mass is 330 g/mol. The SMILES string of the molecule is CC(C)(C)c1ccc(C(O)c2cscc2Br)s1. The molecule has 1 atom stereocenters. The van der Waals surface area contributed by atoms with Crippen LogP contribution in [0.25, 0.3) is 0 Å². The summed E-state index contributed by atoms with van der Waals surface area (Å²) in [6, 6.07) is 4.14. The lowest BCUT2D eigenvalue weighted by Gasteiger charge is -2.15. The molecule has 1 unspecified atom stereocenters. The molecule has 1 nitrogen and oxygen atoms in total. The predicted octanol–water partition coefficient (Wildman–Crippen LogP) is 4.95. The molecule has 4 heteroatoms. The Morgan fingerprint density at radius 2 is 1.94 bits per heavy atom. The van der Waals surface area contributed by atoms with Crippen LogP contribution in [0.3, 0.4) is 0 Å². The molecular weight excluding hydrogens is 316 g/mol. The summed E-state index contributed by atoms with van der Waals surface area (Å²) in [6.07, 6.45) is -0.517. The number of hydrogen-bond donors (Lipinski definition) is 1. The smallest absolute Gasteiger partial charge is 0.115 e. The Labute approximate surface area is 118 Å². The summed E-state index contributed by atoms with van der Waals surface area (Å²) in [7, 11) is 0. The number of halogens is 1. The van der Waals surface area contributed by atoms with Crippen LogP contribution in [0.1, 0.15) is 42.2 Å². The standard InChI is InChI=1S/C13H15BrOS2/c1-13(2,3)11-5-4-10(17-11)12(15)8-6-16-7-9(8)14/h4-7,12,15H,1-3H3. The minimum atomic E-state index is -0.517. The Bertz CT molecular complexity index is 507. The van der Waals surface area contributed by atoms with E-state index in [1.165, 1.54) is 4.88 Å². The molecule has 0 saturated carbocycles. The Morgan fingerprint density at radius 3 is 2.41 bits per heavy atom. The summed E-state index contributed by atoms with van der Waals surface area (Å²) in [6.45, 7) is 6.57. The summed E-state index contributed by atoms with van der Waals surface area (Å²) < 4.78 is 0.987. The first-order chi connectivity index (χ1) is 7.89. The van der Waals surface area contributed by atoms with E-state index in [9.17, 15) is 5.11 Å². The van der Waals surface area contributed by atoms with E-state index in [0.717, 1.165) is 14.9 Å². The van der Waals surface area contributed by atoms with Crippen molar-refractivity contribution >= 4 is 38.6 Å². The lowest BCUT2D eigenvalue weighted by atomic mass is 9.95. The molecule has 0 aliphatic rings. The summed E-state index contributed by atoms with van der Waals surface area (Å²) in [5.74, 6) is 0. The van der Waals surface area contributed by atoms with Gasteiger partial charge in [-0.1, -0.05) is 20.8 Å². The lowest BCUT2D eigenvalue weighted by molar-refractivity contribution is 0.224. The van der Waals surface area contributed by atoms with Gasteiger partial charge >= 0.3 is 0 Å². The fourth-order valence-corrected chi connectivity index (χ4v) is 4.15. The van der Waals surface area contributed by atoms with Gasteiger partial charge in [0.1, 0.15) is 6.10 Å². The number of hydrogen-bond acceptors (Lipinski definition) is 3. The fourth-order valence-electron chi connectivity index (χ4n) is 1.54. The third-order valence-electron chi connectivity index (χ3n) is 2.57. The summed E-state index contributed by atoms with van der Waals surface area (Å²) in [5.41, 5.74) is 1.10. The highest BCUT2D eigenvalue weighted by Crippen LogP contribution is 2.37. The van der Waals surface area contributed by atoms with Crippen molar-refractivity contribution in [1.82, 2.24) is 0 Å². The molecule has 2 heterocycles. The molecule has 2 aromatic heterocycles. The molecule has 1 N–H and O–H groups in total. The van der Waals surface area contributed by atoms with Crippen molar-refractivity contribution in [3.05, 3.63) is 42.7 Å². The molecule has 2 rings (SSSR count). The van der Waals surface area contributed by atoms with Crippen LogP contribution in [0.5, 0.6) is 0 Å². The van der Waals surface area contributed by atoms with Gasteiger partial charge in [-0.25, -0.2) is 0 Å². The number of aliphatic hydroxyl groups is 1. The van der Waals surface area contributed by atoms with Crippen molar-refractivity contribution in [1.29, 1.82) is 0 Å². The second-order valence-electron chi connectivity index (χ2n) is 5.03. The van der Waals surface area contributed by atoms with Crippen LogP contribution in [-0.4, -0.2) is 5.11 Å². The second-order valence-corrected chi connectivity index (χ2v) is 7.74. The van der Waals surface area contributed by atoms with Crippen LogP contribution >= 0.6 is 38.6 Å². The number of aliphatic hydroxyl groups excluding tert-OH is 1. The zero-order valence-corrected chi connectivity index (χ0v) is 13.2. The van der Waals surface area contributed by atoms with Gasteiger partial charge in [-0.3, -0.25) is 0 Å². The average Bonchev–Trinajstić information content (AvgIpc) is 2.83. The number of thiophene rings is 2. The predicted molar refractivity (Wildman–Crippen MR) is 79.1 cm³/mol. The van der Waals surface area contributed by atoms with Crippen molar-refractivity contribution in [3.63, 3.8) is 0 Å². The van der Waals surface area contributed by atoms with Crippen LogP contribution in [-0.2, 0) is 5.41 Å². The van der Waals surface area contributed by atoms with Gasteiger partial charge in [0, 0.05) is 25.2 Å². The Kier molecular flexibility index (Phi) is 3.78. The van der Waals surface area contributed by atoms with Crippen molar-refractivity contribution in [3.8, 4) is 0 Å². The van der Waals surface area contributed by atoms with E-state index >= 15 is 0 Å². The molecule has 0 bridgehead atoms. The molecule has 0 spiro atoms. The van der Waals surface area contributed by atoms with Crippen LogP contribution in [0.4, 0.5) is 0 Å². The molecule has 0 saturated heterocycles. The van der Waals surface area contributed by atoms with Crippen molar-refractivity contribution in [2.45, 2.75) is 32.3 Å². The van der Waals surface area contributed by atoms with E-state index in [0.29, 0.717) is 0 Å². The summed E-state index contributed by atoms with van der Waals surface area (Å²) in [4.78, 5) is 2.31. The van der Waals surface area contributed by atoms with Gasteiger partial charge in [0.15, 0.2) is 0 Å². The molecule has 0 radical (unpaired) electrons. The molecule has 0 aromatic carbocycles. The Hall–Kier alpha value is -0.160. The summed E-state index contributed by atoms with van der Waals surface area (Å²) >= 11 is 6.75. The van der Waals surface area contributed by atoms with Crippen molar-refractivity contribution in [2.75, 3.05) is 0 Å². The van der Waals surface area contributed by atoms with Gasteiger partial charge in [-0.05, 0) is 38.9 Å². The molecule has 0 aliphatic heterocycles. The third-order valence-corrected chi connectivity index (χ3v) is 5.89. The molecule has 0 aliphatic carbocycles. The van der Waals surface area contributed by atoms with Crippen molar-refractivity contribution in [2.24, 2.45) is 0 Å². The van der Waals surface area contributed by atoms with Crippen LogP contribution in [0, 0.1) is 0 Å². The summed E-state index contributed by atoms with van der Waals surface area (Å²) in [5, 5.41) is 14.3. The highest BCUT2D eigenvalue weighted by Gasteiger charge is 2.21. The van der Waals surface area contributed by atoms with Crippen molar-refractivity contribution < 1.29 is 5.11 Å². The maximum atomic E-state index is 10.3. The van der Waals surface area contributed by atoms with Crippen LogP contribution < -0.4 is 0 Å². The van der Waals surface area contributed by atoms with Gasteiger partial charge in [0.05, 0.1) is 0 Å². The van der Waals surface area contributed by atoms with E-state index in [1.807, 2.05) is 16.8 Å². The second kappa shape index (κ2) is 4.84. The molecule has 92 valence electrons.